The molecule has 1 fully saturated rings. The maximum absolute atomic E-state index is 12.6. The summed E-state index contributed by atoms with van der Waals surface area (Å²) >= 11 is 0. The number of nitrogens with one attached hydrogen (secondary N) is 1. The largest absolute Gasteiger partial charge is 0.449 e. The molecule has 1 saturated heterocycles. The summed E-state index contributed by atoms with van der Waals surface area (Å²) in [5.41, 5.74) is 2.89. The van der Waals surface area contributed by atoms with E-state index >= 15 is 0 Å². The maximum Gasteiger partial charge on any atom is 0.338 e. The molecule has 6 nitrogen and oxygen atoms in total. The normalized spacial score (nSPS) is 15.6. The van der Waals surface area contributed by atoms with Crippen LogP contribution in [0.25, 0.3) is 0 Å². The van der Waals surface area contributed by atoms with Gasteiger partial charge in [-0.15, -0.1) is 0 Å². The minimum atomic E-state index is -0.942. The standard InChI is InChI=1S/C24H28N2O4/c1-4-16(2)20-8-5-6-9-21(20)25-23(28)17(3)30-24(29)18-11-13-19(14-12-18)26-15-7-10-22(26)27/h5-6,8-9,11-14,16-17H,4,7,10,15H2,1-3H3,(H,25,28)/t16-,17+/m0/s1. The van der Waals surface area contributed by atoms with E-state index in [4.69, 9.17) is 4.74 Å². The second kappa shape index (κ2) is 9.57. The fourth-order valence-electron chi connectivity index (χ4n) is 3.48. The molecule has 2 atom stereocenters. The topological polar surface area (TPSA) is 75.7 Å². The second-order valence-electron chi connectivity index (χ2n) is 7.63. The lowest BCUT2D eigenvalue weighted by atomic mass is 9.97. The maximum atomic E-state index is 12.6. The van der Waals surface area contributed by atoms with Gasteiger partial charge in [-0.2, -0.15) is 0 Å². The van der Waals surface area contributed by atoms with Gasteiger partial charge in [0.15, 0.2) is 6.10 Å². The smallest absolute Gasteiger partial charge is 0.338 e. The Hall–Kier alpha value is -3.15. The van der Waals surface area contributed by atoms with Gasteiger partial charge in [0, 0.05) is 24.3 Å². The Bertz CT molecular complexity index is 923. The molecule has 0 aliphatic carbocycles. The van der Waals surface area contributed by atoms with E-state index in [-0.39, 0.29) is 11.8 Å². The molecule has 0 unspecified atom stereocenters. The summed E-state index contributed by atoms with van der Waals surface area (Å²) in [4.78, 5) is 38.6. The summed E-state index contributed by atoms with van der Waals surface area (Å²) < 4.78 is 5.35. The van der Waals surface area contributed by atoms with E-state index in [1.54, 1.807) is 36.1 Å². The molecule has 1 N–H and O–H groups in total. The zero-order valence-corrected chi connectivity index (χ0v) is 17.7. The quantitative estimate of drug-likeness (QED) is 0.684. The lowest BCUT2D eigenvalue weighted by molar-refractivity contribution is -0.123. The van der Waals surface area contributed by atoms with Crippen molar-refractivity contribution in [3.05, 3.63) is 59.7 Å². The third-order valence-corrected chi connectivity index (χ3v) is 5.50. The summed E-state index contributed by atoms with van der Waals surface area (Å²) in [5.74, 6) is -0.556. The van der Waals surface area contributed by atoms with Gasteiger partial charge >= 0.3 is 5.97 Å². The number of benzene rings is 2. The first-order valence-electron chi connectivity index (χ1n) is 10.4. The van der Waals surface area contributed by atoms with Gasteiger partial charge in [-0.05, 0) is 61.6 Å². The van der Waals surface area contributed by atoms with E-state index in [2.05, 4.69) is 19.2 Å². The van der Waals surface area contributed by atoms with E-state index in [1.807, 2.05) is 24.3 Å². The fraction of sp³-hybridized carbons (Fsp3) is 0.375. The van der Waals surface area contributed by atoms with Crippen LogP contribution in [0.5, 0.6) is 0 Å². The first kappa shape index (κ1) is 21.6. The van der Waals surface area contributed by atoms with Crippen molar-refractivity contribution < 1.29 is 19.1 Å². The van der Waals surface area contributed by atoms with E-state index in [9.17, 15) is 14.4 Å². The monoisotopic (exact) mass is 408 g/mol. The van der Waals surface area contributed by atoms with Crippen LogP contribution in [0.3, 0.4) is 0 Å². The minimum Gasteiger partial charge on any atom is -0.449 e. The number of nitrogens with zero attached hydrogens (tertiary/aromatic N) is 1. The molecule has 0 radical (unpaired) electrons. The average Bonchev–Trinajstić information content (AvgIpc) is 3.19. The highest BCUT2D eigenvalue weighted by Crippen LogP contribution is 2.27. The van der Waals surface area contributed by atoms with Crippen LogP contribution in [-0.2, 0) is 14.3 Å². The molecule has 30 heavy (non-hydrogen) atoms. The zero-order chi connectivity index (χ0) is 21.7. The Morgan fingerprint density at radius 2 is 1.80 bits per heavy atom. The lowest BCUT2D eigenvalue weighted by Crippen LogP contribution is -2.30. The Morgan fingerprint density at radius 1 is 1.10 bits per heavy atom. The van der Waals surface area contributed by atoms with Crippen LogP contribution in [0, 0.1) is 0 Å². The number of hydrogen-bond acceptors (Lipinski definition) is 4. The molecule has 2 amide bonds. The van der Waals surface area contributed by atoms with Crippen LogP contribution in [0.2, 0.25) is 0 Å². The van der Waals surface area contributed by atoms with Crippen molar-refractivity contribution in [3.8, 4) is 0 Å². The predicted octanol–water partition coefficient (Wildman–Crippen LogP) is 4.51. The lowest BCUT2D eigenvalue weighted by Gasteiger charge is -2.18. The highest BCUT2D eigenvalue weighted by atomic mass is 16.5. The molecule has 0 saturated carbocycles. The van der Waals surface area contributed by atoms with E-state index in [0.717, 1.165) is 29.8 Å². The number of rotatable bonds is 7. The number of amides is 2. The summed E-state index contributed by atoms with van der Waals surface area (Å²) in [7, 11) is 0. The van der Waals surface area contributed by atoms with Gasteiger partial charge in [-0.1, -0.05) is 32.0 Å². The minimum absolute atomic E-state index is 0.0910. The van der Waals surface area contributed by atoms with Crippen LogP contribution in [-0.4, -0.2) is 30.4 Å². The van der Waals surface area contributed by atoms with Gasteiger partial charge in [-0.3, -0.25) is 9.59 Å². The summed E-state index contributed by atoms with van der Waals surface area (Å²) in [6, 6.07) is 14.3. The van der Waals surface area contributed by atoms with Crippen molar-refractivity contribution in [2.45, 2.75) is 52.1 Å². The van der Waals surface area contributed by atoms with Crippen LogP contribution in [0.4, 0.5) is 11.4 Å². The van der Waals surface area contributed by atoms with Crippen molar-refractivity contribution in [2.75, 3.05) is 16.8 Å². The molecule has 6 heteroatoms. The zero-order valence-electron chi connectivity index (χ0n) is 17.7. The Kier molecular flexibility index (Phi) is 6.87. The van der Waals surface area contributed by atoms with Gasteiger partial charge in [-0.25, -0.2) is 4.79 Å². The number of carbonyl (C=O) groups excluding carboxylic acids is 3. The van der Waals surface area contributed by atoms with Gasteiger partial charge in [0.1, 0.15) is 0 Å². The summed E-state index contributed by atoms with van der Waals surface area (Å²) in [5, 5.41) is 2.87. The van der Waals surface area contributed by atoms with Gasteiger partial charge in [0.2, 0.25) is 5.91 Å². The Morgan fingerprint density at radius 3 is 2.43 bits per heavy atom. The van der Waals surface area contributed by atoms with E-state index < -0.39 is 12.1 Å². The predicted molar refractivity (Wildman–Crippen MR) is 117 cm³/mol. The fourth-order valence-corrected chi connectivity index (χ4v) is 3.48. The number of esters is 1. The molecule has 1 aliphatic heterocycles. The molecule has 3 rings (SSSR count). The number of hydrogen-bond donors (Lipinski definition) is 1. The second-order valence-corrected chi connectivity index (χ2v) is 7.63. The molecule has 1 aliphatic rings. The van der Waals surface area contributed by atoms with Crippen LogP contribution in [0.1, 0.15) is 61.9 Å². The van der Waals surface area contributed by atoms with Crippen LogP contribution >= 0.6 is 0 Å². The number of anilines is 2. The van der Waals surface area contributed by atoms with Crippen molar-refractivity contribution in [1.82, 2.24) is 0 Å². The molecular formula is C24H28N2O4. The first-order valence-corrected chi connectivity index (χ1v) is 10.4. The highest BCUT2D eigenvalue weighted by Gasteiger charge is 2.23. The van der Waals surface area contributed by atoms with Gasteiger partial charge in [0.05, 0.1) is 5.56 Å². The van der Waals surface area contributed by atoms with Gasteiger partial charge < -0.3 is 15.0 Å². The van der Waals surface area contributed by atoms with Crippen molar-refractivity contribution >= 4 is 29.2 Å². The summed E-state index contributed by atoms with van der Waals surface area (Å²) in [6.45, 7) is 6.45. The molecule has 158 valence electrons. The first-order chi connectivity index (χ1) is 14.4. The average molecular weight is 408 g/mol. The van der Waals surface area contributed by atoms with Crippen LogP contribution in [0.15, 0.2) is 48.5 Å². The van der Waals surface area contributed by atoms with Crippen LogP contribution < -0.4 is 10.2 Å². The number of ether oxygens (including phenoxy) is 1. The molecular weight excluding hydrogens is 380 g/mol. The molecule has 2 aromatic carbocycles. The van der Waals surface area contributed by atoms with Gasteiger partial charge in [0.25, 0.3) is 5.91 Å². The van der Waals surface area contributed by atoms with Crippen molar-refractivity contribution in [3.63, 3.8) is 0 Å². The third-order valence-electron chi connectivity index (χ3n) is 5.50. The molecule has 0 aromatic heterocycles. The van der Waals surface area contributed by atoms with Crippen molar-refractivity contribution in [1.29, 1.82) is 0 Å². The molecule has 0 bridgehead atoms. The molecule has 1 heterocycles. The molecule has 0 spiro atoms. The third kappa shape index (κ3) is 4.87. The Balaban J connectivity index is 1.61. The van der Waals surface area contributed by atoms with E-state index in [0.29, 0.717) is 24.4 Å². The SMILES string of the molecule is CC[C@H](C)c1ccccc1NC(=O)[C@@H](C)OC(=O)c1ccc(N2CCCC2=O)cc1. The highest BCUT2D eigenvalue weighted by molar-refractivity contribution is 5.99. The summed E-state index contributed by atoms with van der Waals surface area (Å²) in [6.07, 6.45) is 1.41. The number of para-hydroxylation sites is 1. The Labute approximate surface area is 177 Å². The van der Waals surface area contributed by atoms with Crippen molar-refractivity contribution in [2.24, 2.45) is 0 Å². The van der Waals surface area contributed by atoms with E-state index in [1.165, 1.54) is 0 Å². The number of carbonyl (C=O) groups is 3. The molecule has 2 aromatic rings.